The van der Waals surface area contributed by atoms with E-state index in [1.807, 2.05) is 30.9 Å². The van der Waals surface area contributed by atoms with E-state index in [-0.39, 0.29) is 12.1 Å². The number of nitrogens with one attached hydrogen (secondary N) is 1. The number of hydrogen-bond donors (Lipinski definition) is 1. The van der Waals surface area contributed by atoms with Crippen LogP contribution in [-0.4, -0.2) is 39.5 Å². The maximum Gasteiger partial charge on any atom is 0.138 e. The number of alkyl halides is 1. The summed E-state index contributed by atoms with van der Waals surface area (Å²) >= 11 is 3.70. The number of hydrogen-bond acceptors (Lipinski definition) is 3. The van der Waals surface area contributed by atoms with Crippen LogP contribution in [-0.2, 0) is 0 Å². The van der Waals surface area contributed by atoms with Crippen molar-refractivity contribution in [2.24, 2.45) is 4.99 Å². The maximum absolute atomic E-state index is 13.7. The second-order valence-electron chi connectivity index (χ2n) is 7.97. The summed E-state index contributed by atoms with van der Waals surface area (Å²) < 4.78 is 14.7. The summed E-state index contributed by atoms with van der Waals surface area (Å²) in [6.45, 7) is 0. The molecule has 0 bridgehead atoms. The second-order valence-corrected chi connectivity index (χ2v) is 8.82. The van der Waals surface area contributed by atoms with Crippen molar-refractivity contribution in [2.75, 3.05) is 0 Å². The molecule has 2 aromatic rings. The van der Waals surface area contributed by atoms with Gasteiger partial charge in [0.05, 0.1) is 12.4 Å². The van der Waals surface area contributed by atoms with E-state index >= 15 is 0 Å². The fourth-order valence-electron chi connectivity index (χ4n) is 4.88. The van der Waals surface area contributed by atoms with Gasteiger partial charge in [0, 0.05) is 34.7 Å². The van der Waals surface area contributed by atoms with Gasteiger partial charge >= 0.3 is 0 Å². The van der Waals surface area contributed by atoms with Gasteiger partial charge in [-0.1, -0.05) is 37.5 Å². The number of allylic oxidation sites excluding steroid dienone is 2. The van der Waals surface area contributed by atoms with Crippen LogP contribution in [0.1, 0.15) is 50.1 Å². The molecule has 3 atom stereocenters. The number of H-pyrrole nitrogens is 1. The summed E-state index contributed by atoms with van der Waals surface area (Å²) in [5, 5.41) is 1.12. The molecule has 2 aromatic heterocycles. The van der Waals surface area contributed by atoms with E-state index in [0.717, 1.165) is 21.1 Å². The fourth-order valence-corrected chi connectivity index (χ4v) is 5.41. The third kappa shape index (κ3) is 3.11. The monoisotopic (exact) mass is 442 g/mol. The zero-order chi connectivity index (χ0) is 19.1. The first kappa shape index (κ1) is 18.1. The normalized spacial score (nSPS) is 28.3. The zero-order valence-corrected chi connectivity index (χ0v) is 17.3. The van der Waals surface area contributed by atoms with Crippen LogP contribution in [0.25, 0.3) is 11.0 Å². The van der Waals surface area contributed by atoms with Crippen molar-refractivity contribution < 1.29 is 4.39 Å². The van der Waals surface area contributed by atoms with Gasteiger partial charge in [0.2, 0.25) is 0 Å². The molecule has 0 spiro atoms. The lowest BCUT2D eigenvalue weighted by molar-refractivity contribution is 0.203. The van der Waals surface area contributed by atoms with E-state index in [4.69, 9.17) is 4.99 Å². The second kappa shape index (κ2) is 7.47. The fraction of sp³-hybridized carbons (Fsp3) is 0.455. The molecule has 6 heteroatoms. The van der Waals surface area contributed by atoms with Crippen LogP contribution in [0.5, 0.6) is 0 Å². The van der Waals surface area contributed by atoms with Gasteiger partial charge in [-0.2, -0.15) is 0 Å². The lowest BCUT2D eigenvalue weighted by atomic mass is 9.87. The number of fused-ring (bicyclic) bond motifs is 1. The first-order valence-electron chi connectivity index (χ1n) is 10.2. The standard InChI is InChI=1S/C22H24BrFN4/c23-18-12-26-22-19(18)17(10-11-25-22)21-20(14-6-8-15(24)9-7-14)27-13-28(21)16-4-2-1-3-5-16/h6-8,10-13,15-16,20-21H,1-5,9H2,(H,25,26). The molecule has 3 heterocycles. The topological polar surface area (TPSA) is 44.3 Å². The molecular formula is C22H24BrFN4. The summed E-state index contributed by atoms with van der Waals surface area (Å²) in [5.74, 6) is 0. The van der Waals surface area contributed by atoms with Gasteiger partial charge in [0.1, 0.15) is 17.9 Å². The first-order valence-corrected chi connectivity index (χ1v) is 11.0. The zero-order valence-electron chi connectivity index (χ0n) is 15.7. The molecule has 3 aliphatic rings. The van der Waals surface area contributed by atoms with Crippen molar-refractivity contribution in [2.45, 2.75) is 62.8 Å². The van der Waals surface area contributed by atoms with Crippen molar-refractivity contribution in [3.05, 3.63) is 52.3 Å². The molecule has 1 saturated carbocycles. The van der Waals surface area contributed by atoms with Crippen LogP contribution in [0.2, 0.25) is 0 Å². The smallest absolute Gasteiger partial charge is 0.138 e. The van der Waals surface area contributed by atoms with Crippen molar-refractivity contribution in [3.63, 3.8) is 0 Å². The highest BCUT2D eigenvalue weighted by Gasteiger charge is 2.39. The van der Waals surface area contributed by atoms with E-state index in [2.05, 4.69) is 36.9 Å². The molecule has 1 fully saturated rings. The van der Waals surface area contributed by atoms with Gasteiger partial charge < -0.3 is 9.88 Å². The van der Waals surface area contributed by atoms with E-state index in [0.29, 0.717) is 12.5 Å². The highest BCUT2D eigenvalue weighted by Crippen LogP contribution is 2.42. The van der Waals surface area contributed by atoms with Crippen LogP contribution in [0.4, 0.5) is 4.39 Å². The Labute approximate surface area is 172 Å². The quantitative estimate of drug-likeness (QED) is 0.668. The molecule has 1 N–H and O–H groups in total. The molecule has 0 aromatic carbocycles. The molecule has 146 valence electrons. The Hall–Kier alpha value is -1.95. The predicted molar refractivity (Wildman–Crippen MR) is 114 cm³/mol. The van der Waals surface area contributed by atoms with Crippen molar-refractivity contribution >= 4 is 33.3 Å². The highest BCUT2D eigenvalue weighted by atomic mass is 79.9. The number of aromatic amines is 1. The lowest BCUT2D eigenvalue weighted by Gasteiger charge is -2.38. The Morgan fingerprint density at radius 3 is 2.86 bits per heavy atom. The Morgan fingerprint density at radius 1 is 1.21 bits per heavy atom. The van der Waals surface area contributed by atoms with E-state index in [1.165, 1.54) is 37.7 Å². The third-order valence-electron chi connectivity index (χ3n) is 6.27. The van der Waals surface area contributed by atoms with Gasteiger partial charge in [-0.3, -0.25) is 4.99 Å². The molecule has 0 amide bonds. The van der Waals surface area contributed by atoms with Crippen molar-refractivity contribution in [1.82, 2.24) is 14.9 Å². The van der Waals surface area contributed by atoms with Gasteiger partial charge in [-0.25, -0.2) is 9.37 Å². The Morgan fingerprint density at radius 2 is 2.07 bits per heavy atom. The van der Waals surface area contributed by atoms with Gasteiger partial charge in [0.15, 0.2) is 0 Å². The minimum atomic E-state index is -0.881. The molecule has 0 radical (unpaired) electrons. The summed E-state index contributed by atoms with van der Waals surface area (Å²) in [6, 6.07) is 2.72. The summed E-state index contributed by atoms with van der Waals surface area (Å²) in [7, 11) is 0. The van der Waals surface area contributed by atoms with E-state index < -0.39 is 6.17 Å². The number of rotatable bonds is 3. The molecule has 5 rings (SSSR count). The molecule has 28 heavy (non-hydrogen) atoms. The van der Waals surface area contributed by atoms with E-state index in [1.54, 1.807) is 6.08 Å². The summed E-state index contributed by atoms with van der Waals surface area (Å²) in [5.41, 5.74) is 3.23. The maximum atomic E-state index is 13.7. The molecular weight excluding hydrogens is 419 g/mol. The Balaban J connectivity index is 1.59. The summed E-state index contributed by atoms with van der Waals surface area (Å²) in [4.78, 5) is 15.1. The Kier molecular flexibility index (Phi) is 4.83. The third-order valence-corrected chi connectivity index (χ3v) is 6.90. The molecule has 0 saturated heterocycles. The number of aliphatic imine (C=N–C) groups is 1. The van der Waals surface area contributed by atoms with Crippen LogP contribution < -0.4 is 0 Å². The molecule has 3 unspecified atom stereocenters. The van der Waals surface area contributed by atoms with Gasteiger partial charge in [-0.05, 0) is 46.0 Å². The van der Waals surface area contributed by atoms with Crippen LogP contribution >= 0.6 is 15.9 Å². The lowest BCUT2D eigenvalue weighted by Crippen LogP contribution is -2.39. The number of halogens is 2. The average molecular weight is 443 g/mol. The Bertz CT molecular complexity index is 957. The number of aromatic nitrogens is 2. The van der Waals surface area contributed by atoms with Crippen LogP contribution in [0, 0.1) is 0 Å². The molecule has 4 nitrogen and oxygen atoms in total. The molecule has 2 aliphatic carbocycles. The predicted octanol–water partition coefficient (Wildman–Crippen LogP) is 5.64. The molecule has 1 aliphatic heterocycles. The van der Waals surface area contributed by atoms with Crippen LogP contribution in [0.15, 0.2) is 51.7 Å². The SMILES string of the molecule is FC1C=CC(C2N=CN(C3CCCCC3)C2c2ccnc3[nH]cc(Br)c23)=CC1. The minimum absolute atomic E-state index is 0.0157. The van der Waals surface area contributed by atoms with Gasteiger partial charge in [0.25, 0.3) is 0 Å². The largest absolute Gasteiger partial charge is 0.350 e. The van der Waals surface area contributed by atoms with E-state index in [9.17, 15) is 4.39 Å². The number of pyridine rings is 1. The van der Waals surface area contributed by atoms with Crippen molar-refractivity contribution in [3.8, 4) is 0 Å². The van der Waals surface area contributed by atoms with Crippen molar-refractivity contribution in [1.29, 1.82) is 0 Å². The van der Waals surface area contributed by atoms with Gasteiger partial charge in [-0.15, -0.1) is 0 Å². The number of nitrogens with zero attached hydrogens (tertiary/aromatic N) is 3. The summed E-state index contributed by atoms with van der Waals surface area (Å²) in [6.07, 6.45) is 17.3. The highest BCUT2D eigenvalue weighted by molar-refractivity contribution is 9.10. The van der Waals surface area contributed by atoms with Crippen LogP contribution in [0.3, 0.4) is 0 Å². The first-order chi connectivity index (χ1) is 13.7. The average Bonchev–Trinajstić information content (AvgIpc) is 3.34. The minimum Gasteiger partial charge on any atom is -0.350 e.